The average molecular weight is 224 g/mol. The Labute approximate surface area is 94.7 Å². The molecule has 1 aromatic rings. The van der Waals surface area contributed by atoms with Crippen molar-refractivity contribution in [1.29, 1.82) is 5.26 Å². The molecule has 0 spiro atoms. The summed E-state index contributed by atoms with van der Waals surface area (Å²) in [4.78, 5) is 2.13. The van der Waals surface area contributed by atoms with Crippen LogP contribution >= 0.6 is 11.5 Å². The summed E-state index contributed by atoms with van der Waals surface area (Å²) in [5, 5.41) is 13.1. The molecular weight excluding hydrogens is 208 g/mol. The van der Waals surface area contributed by atoms with Crippen LogP contribution < -0.4 is 5.32 Å². The van der Waals surface area contributed by atoms with E-state index in [2.05, 4.69) is 27.6 Å². The van der Waals surface area contributed by atoms with E-state index in [9.17, 15) is 0 Å². The molecule has 1 N–H and O–H groups in total. The minimum atomic E-state index is 0.430. The first-order valence-corrected chi connectivity index (χ1v) is 5.60. The molecule has 0 amide bonds. The van der Waals surface area contributed by atoms with Gasteiger partial charge in [0.2, 0.25) is 0 Å². The monoisotopic (exact) mass is 224 g/mol. The van der Waals surface area contributed by atoms with Crippen molar-refractivity contribution in [2.45, 2.75) is 19.9 Å². The van der Waals surface area contributed by atoms with Gasteiger partial charge < -0.3 is 10.2 Å². The lowest BCUT2D eigenvalue weighted by molar-refractivity contribution is 0.326. The SMILES string of the molecule is Cc1nsc(NCC(C)N(C)C)c1C#N. The molecule has 0 radical (unpaired) electrons. The highest BCUT2D eigenvalue weighted by Gasteiger charge is 2.11. The summed E-state index contributed by atoms with van der Waals surface area (Å²) in [6.45, 7) is 4.81. The molecule has 1 unspecified atom stereocenters. The van der Waals surface area contributed by atoms with Gasteiger partial charge >= 0.3 is 0 Å². The van der Waals surface area contributed by atoms with Crippen LogP contribution in [0.2, 0.25) is 0 Å². The number of hydrogen-bond acceptors (Lipinski definition) is 5. The lowest BCUT2D eigenvalue weighted by Crippen LogP contribution is -2.31. The number of anilines is 1. The summed E-state index contributed by atoms with van der Waals surface area (Å²) >= 11 is 1.35. The molecule has 4 nitrogen and oxygen atoms in total. The molecule has 0 aliphatic rings. The highest BCUT2D eigenvalue weighted by molar-refractivity contribution is 7.10. The van der Waals surface area contributed by atoms with Crippen LogP contribution in [-0.2, 0) is 0 Å². The van der Waals surface area contributed by atoms with E-state index in [1.165, 1.54) is 11.5 Å². The molecule has 0 bridgehead atoms. The van der Waals surface area contributed by atoms with Crippen molar-refractivity contribution < 1.29 is 0 Å². The van der Waals surface area contributed by atoms with E-state index >= 15 is 0 Å². The number of rotatable bonds is 4. The van der Waals surface area contributed by atoms with Gasteiger partial charge in [-0.25, -0.2) is 0 Å². The molecule has 0 fully saturated rings. The topological polar surface area (TPSA) is 52.0 Å². The van der Waals surface area contributed by atoms with Gasteiger partial charge in [0.1, 0.15) is 16.6 Å². The molecular formula is C10H16N4S. The van der Waals surface area contributed by atoms with Crippen molar-refractivity contribution in [3.63, 3.8) is 0 Å². The maximum Gasteiger partial charge on any atom is 0.127 e. The minimum Gasteiger partial charge on any atom is -0.373 e. The second kappa shape index (κ2) is 5.10. The molecule has 0 aliphatic heterocycles. The van der Waals surface area contributed by atoms with Crippen molar-refractivity contribution in [3.05, 3.63) is 11.3 Å². The maximum absolute atomic E-state index is 8.93. The first kappa shape index (κ1) is 12.0. The van der Waals surface area contributed by atoms with Crippen LogP contribution in [-0.4, -0.2) is 36.0 Å². The number of nitrogens with one attached hydrogen (secondary N) is 1. The number of aromatic nitrogens is 1. The van der Waals surface area contributed by atoms with Crippen molar-refractivity contribution in [3.8, 4) is 6.07 Å². The van der Waals surface area contributed by atoms with Crippen LogP contribution in [0.4, 0.5) is 5.00 Å². The summed E-state index contributed by atoms with van der Waals surface area (Å²) < 4.78 is 4.15. The number of likely N-dealkylation sites (N-methyl/N-ethyl adjacent to an activating group) is 1. The molecule has 1 rings (SSSR count). The standard InChI is InChI=1S/C10H16N4S/c1-7(14(3)4)6-12-10-9(5-11)8(2)13-15-10/h7,12H,6H2,1-4H3. The van der Waals surface area contributed by atoms with Gasteiger partial charge in [0, 0.05) is 12.6 Å². The van der Waals surface area contributed by atoms with E-state index in [1.807, 2.05) is 21.0 Å². The predicted molar refractivity (Wildman–Crippen MR) is 63.2 cm³/mol. The quantitative estimate of drug-likeness (QED) is 0.845. The van der Waals surface area contributed by atoms with E-state index < -0.39 is 0 Å². The van der Waals surface area contributed by atoms with Crippen LogP contribution in [0.1, 0.15) is 18.2 Å². The zero-order chi connectivity index (χ0) is 11.4. The Morgan fingerprint density at radius 1 is 1.60 bits per heavy atom. The summed E-state index contributed by atoms with van der Waals surface area (Å²) in [6.07, 6.45) is 0. The molecule has 82 valence electrons. The highest BCUT2D eigenvalue weighted by Crippen LogP contribution is 2.23. The lowest BCUT2D eigenvalue weighted by Gasteiger charge is -2.19. The van der Waals surface area contributed by atoms with Gasteiger partial charge in [-0.1, -0.05) is 0 Å². The molecule has 1 aromatic heterocycles. The molecule has 1 heterocycles. The Morgan fingerprint density at radius 2 is 2.27 bits per heavy atom. The molecule has 0 aromatic carbocycles. The Balaban J connectivity index is 2.62. The van der Waals surface area contributed by atoms with Crippen molar-refractivity contribution in [1.82, 2.24) is 9.27 Å². The molecule has 5 heteroatoms. The van der Waals surface area contributed by atoms with Gasteiger partial charge in [0.25, 0.3) is 0 Å². The molecule has 0 aliphatic carbocycles. The normalized spacial score (nSPS) is 12.5. The van der Waals surface area contributed by atoms with E-state index in [0.29, 0.717) is 11.6 Å². The fourth-order valence-corrected chi connectivity index (χ4v) is 1.80. The summed E-state index contributed by atoms with van der Waals surface area (Å²) in [7, 11) is 4.07. The number of nitriles is 1. The zero-order valence-electron chi connectivity index (χ0n) is 9.53. The third-order valence-electron chi connectivity index (χ3n) is 2.41. The first-order chi connectivity index (χ1) is 7.06. The third-order valence-corrected chi connectivity index (χ3v) is 3.31. The van der Waals surface area contributed by atoms with E-state index in [4.69, 9.17) is 5.26 Å². The minimum absolute atomic E-state index is 0.430. The molecule has 0 saturated carbocycles. The van der Waals surface area contributed by atoms with Crippen LogP contribution in [0.15, 0.2) is 0 Å². The van der Waals surface area contributed by atoms with Crippen molar-refractivity contribution >= 4 is 16.5 Å². The average Bonchev–Trinajstić information content (AvgIpc) is 2.55. The zero-order valence-corrected chi connectivity index (χ0v) is 10.4. The predicted octanol–water partition coefficient (Wildman–Crippen LogP) is 1.69. The van der Waals surface area contributed by atoms with Gasteiger partial charge in [-0.2, -0.15) is 9.64 Å². The Morgan fingerprint density at radius 3 is 2.80 bits per heavy atom. The third kappa shape index (κ3) is 2.91. The summed E-state index contributed by atoms with van der Waals surface area (Å²) in [5.41, 5.74) is 1.48. The van der Waals surface area contributed by atoms with Gasteiger partial charge in [-0.3, -0.25) is 0 Å². The van der Waals surface area contributed by atoms with Crippen molar-refractivity contribution in [2.24, 2.45) is 0 Å². The molecule has 0 saturated heterocycles. The second-order valence-electron chi connectivity index (χ2n) is 3.78. The van der Waals surface area contributed by atoms with Crippen molar-refractivity contribution in [2.75, 3.05) is 26.0 Å². The fourth-order valence-electron chi connectivity index (χ4n) is 1.05. The van der Waals surface area contributed by atoms with Crippen LogP contribution in [0, 0.1) is 18.3 Å². The maximum atomic E-state index is 8.93. The number of hydrogen-bond donors (Lipinski definition) is 1. The molecule has 15 heavy (non-hydrogen) atoms. The van der Waals surface area contributed by atoms with E-state index in [1.54, 1.807) is 0 Å². The number of nitrogens with zero attached hydrogens (tertiary/aromatic N) is 3. The van der Waals surface area contributed by atoms with E-state index in [-0.39, 0.29) is 0 Å². The smallest absolute Gasteiger partial charge is 0.127 e. The largest absolute Gasteiger partial charge is 0.373 e. The van der Waals surface area contributed by atoms with Gasteiger partial charge in [0.15, 0.2) is 0 Å². The van der Waals surface area contributed by atoms with Gasteiger partial charge in [0.05, 0.1) is 5.69 Å². The summed E-state index contributed by atoms with van der Waals surface area (Å²) in [6, 6.07) is 2.60. The van der Waals surface area contributed by atoms with Crippen LogP contribution in [0.5, 0.6) is 0 Å². The Kier molecular flexibility index (Phi) is 4.06. The fraction of sp³-hybridized carbons (Fsp3) is 0.600. The first-order valence-electron chi connectivity index (χ1n) is 4.83. The number of aryl methyl sites for hydroxylation is 1. The van der Waals surface area contributed by atoms with Gasteiger partial charge in [-0.15, -0.1) is 0 Å². The van der Waals surface area contributed by atoms with E-state index in [0.717, 1.165) is 17.2 Å². The van der Waals surface area contributed by atoms with Crippen LogP contribution in [0.3, 0.4) is 0 Å². The highest BCUT2D eigenvalue weighted by atomic mass is 32.1. The van der Waals surface area contributed by atoms with Gasteiger partial charge in [-0.05, 0) is 39.5 Å². The lowest BCUT2D eigenvalue weighted by atomic mass is 10.2. The molecule has 1 atom stereocenters. The summed E-state index contributed by atoms with van der Waals surface area (Å²) in [5.74, 6) is 0. The Hall–Kier alpha value is -1.12. The van der Waals surface area contributed by atoms with Crippen LogP contribution in [0.25, 0.3) is 0 Å². The second-order valence-corrected chi connectivity index (χ2v) is 4.55. The Bertz CT molecular complexity index is 364.